The van der Waals surface area contributed by atoms with Crippen molar-refractivity contribution in [3.8, 4) is 5.75 Å². The Bertz CT molecular complexity index is 903. The van der Waals surface area contributed by atoms with Gasteiger partial charge < -0.3 is 15.4 Å². The second-order valence-corrected chi connectivity index (χ2v) is 8.65. The number of methoxy groups -OCH3 is 1. The first-order valence-electron chi connectivity index (χ1n) is 10.9. The fourth-order valence-electron chi connectivity index (χ4n) is 4.98. The average molecular weight is 410 g/mol. The van der Waals surface area contributed by atoms with Gasteiger partial charge in [0.25, 0.3) is 0 Å². The van der Waals surface area contributed by atoms with Crippen LogP contribution in [0, 0.1) is 5.82 Å². The summed E-state index contributed by atoms with van der Waals surface area (Å²) in [6.45, 7) is 9.51. The van der Waals surface area contributed by atoms with E-state index in [2.05, 4.69) is 35.4 Å². The van der Waals surface area contributed by atoms with Crippen LogP contribution in [-0.4, -0.2) is 37.7 Å². The van der Waals surface area contributed by atoms with Crippen LogP contribution >= 0.6 is 0 Å². The molecule has 4 nitrogen and oxygen atoms in total. The van der Waals surface area contributed by atoms with Gasteiger partial charge in [-0.2, -0.15) is 0 Å². The number of nitrogens with zero attached hydrogens (tertiary/aromatic N) is 2. The fourth-order valence-corrected chi connectivity index (χ4v) is 4.98. The number of likely N-dealkylation sites (tertiary alicyclic amines) is 1. The van der Waals surface area contributed by atoms with Gasteiger partial charge in [-0.1, -0.05) is 18.7 Å². The molecule has 0 spiro atoms. The average Bonchev–Trinajstić information content (AvgIpc) is 2.74. The highest BCUT2D eigenvalue weighted by Gasteiger charge is 2.29. The quantitative estimate of drug-likeness (QED) is 0.710. The highest BCUT2D eigenvalue weighted by atomic mass is 19.1. The van der Waals surface area contributed by atoms with Gasteiger partial charge >= 0.3 is 0 Å². The van der Waals surface area contributed by atoms with Gasteiger partial charge in [-0.3, -0.25) is 4.90 Å². The minimum Gasteiger partial charge on any atom is -0.497 e. The van der Waals surface area contributed by atoms with Crippen molar-refractivity contribution in [1.29, 1.82) is 0 Å². The van der Waals surface area contributed by atoms with Crippen LogP contribution in [0.5, 0.6) is 5.75 Å². The lowest BCUT2D eigenvalue weighted by Gasteiger charge is -2.41. The summed E-state index contributed by atoms with van der Waals surface area (Å²) in [6, 6.07) is 11.8. The maximum absolute atomic E-state index is 13.8. The molecule has 2 aromatic carbocycles. The molecule has 0 aliphatic carbocycles. The number of nitrogens with two attached hydrogens (primary N) is 1. The molecule has 0 bridgehead atoms. The number of ether oxygens (including phenoxy) is 1. The lowest BCUT2D eigenvalue weighted by molar-refractivity contribution is 0.226. The molecule has 2 N–H and O–H groups in total. The van der Waals surface area contributed by atoms with Gasteiger partial charge in [-0.25, -0.2) is 4.39 Å². The summed E-state index contributed by atoms with van der Waals surface area (Å²) in [6.07, 6.45) is 4.11. The zero-order valence-corrected chi connectivity index (χ0v) is 18.0. The normalized spacial score (nSPS) is 20.1. The van der Waals surface area contributed by atoms with E-state index in [1.807, 2.05) is 12.1 Å². The van der Waals surface area contributed by atoms with E-state index in [0.717, 1.165) is 68.0 Å². The third-order valence-electron chi connectivity index (χ3n) is 6.62. The number of piperidine rings is 1. The summed E-state index contributed by atoms with van der Waals surface area (Å²) in [5, 5.41) is 0. The number of halogens is 1. The number of anilines is 2. The molecular formula is C25H32FN3O. The topological polar surface area (TPSA) is 41.7 Å². The summed E-state index contributed by atoms with van der Waals surface area (Å²) in [5.41, 5.74) is 11.1. The Morgan fingerprint density at radius 2 is 1.87 bits per heavy atom. The third kappa shape index (κ3) is 4.17. The molecule has 160 valence electrons. The van der Waals surface area contributed by atoms with Crippen LogP contribution in [-0.2, 0) is 6.42 Å². The van der Waals surface area contributed by atoms with E-state index >= 15 is 0 Å². The molecule has 0 radical (unpaired) electrons. The van der Waals surface area contributed by atoms with E-state index in [0.29, 0.717) is 17.6 Å². The highest BCUT2D eigenvalue weighted by Crippen LogP contribution is 2.39. The largest absolute Gasteiger partial charge is 0.497 e. The molecule has 2 aliphatic heterocycles. The van der Waals surface area contributed by atoms with E-state index in [1.165, 1.54) is 11.6 Å². The first-order chi connectivity index (χ1) is 14.5. The van der Waals surface area contributed by atoms with Crippen LogP contribution in [0.15, 0.2) is 48.7 Å². The van der Waals surface area contributed by atoms with Crippen molar-refractivity contribution in [1.82, 2.24) is 4.90 Å². The summed E-state index contributed by atoms with van der Waals surface area (Å²) >= 11 is 0. The minimum absolute atomic E-state index is 0.257. The second-order valence-electron chi connectivity index (χ2n) is 8.65. The summed E-state index contributed by atoms with van der Waals surface area (Å²) in [7, 11) is 1.70. The predicted molar refractivity (Wildman–Crippen MR) is 122 cm³/mol. The third-order valence-corrected chi connectivity index (χ3v) is 6.62. The second kappa shape index (κ2) is 8.68. The van der Waals surface area contributed by atoms with Gasteiger partial charge in [-0.15, -0.1) is 0 Å². The number of aryl methyl sites for hydroxylation is 1. The first-order valence-corrected chi connectivity index (χ1v) is 10.9. The maximum Gasteiger partial charge on any atom is 0.125 e. The molecule has 1 fully saturated rings. The molecule has 1 atom stereocenters. The van der Waals surface area contributed by atoms with E-state index in [-0.39, 0.29) is 5.82 Å². The summed E-state index contributed by atoms with van der Waals surface area (Å²) in [4.78, 5) is 4.71. The molecule has 0 saturated carbocycles. The van der Waals surface area contributed by atoms with Crippen molar-refractivity contribution in [3.63, 3.8) is 0 Å². The lowest BCUT2D eigenvalue weighted by atomic mass is 9.89. The monoisotopic (exact) mass is 409 g/mol. The van der Waals surface area contributed by atoms with E-state index in [1.54, 1.807) is 13.2 Å². The summed E-state index contributed by atoms with van der Waals surface area (Å²) < 4.78 is 19.1. The van der Waals surface area contributed by atoms with Crippen molar-refractivity contribution in [2.24, 2.45) is 0 Å². The molecule has 1 unspecified atom stereocenters. The molecule has 1 saturated heterocycles. The van der Waals surface area contributed by atoms with Crippen LogP contribution in [0.2, 0.25) is 0 Å². The van der Waals surface area contributed by atoms with Gasteiger partial charge in [-0.05, 0) is 87.0 Å². The molecular weight excluding hydrogens is 377 g/mol. The van der Waals surface area contributed by atoms with E-state index in [9.17, 15) is 4.39 Å². The number of hydrogen-bond donors (Lipinski definition) is 1. The SMILES string of the molecule is C=C(CN1CCC(c2ccc(OC)cc2)CC1)N1c2c(N)cc(F)cc2CCC1C. The zero-order chi connectivity index (χ0) is 21.3. The van der Waals surface area contributed by atoms with Crippen molar-refractivity contribution in [3.05, 3.63) is 65.6 Å². The van der Waals surface area contributed by atoms with Gasteiger partial charge in [0, 0.05) is 18.3 Å². The Morgan fingerprint density at radius 3 is 2.53 bits per heavy atom. The van der Waals surface area contributed by atoms with Crippen molar-refractivity contribution in [2.75, 3.05) is 37.4 Å². The Labute approximate surface area is 179 Å². The number of benzene rings is 2. The fraction of sp³-hybridized carbons (Fsp3) is 0.440. The summed E-state index contributed by atoms with van der Waals surface area (Å²) in [5.74, 6) is 1.24. The van der Waals surface area contributed by atoms with Crippen molar-refractivity contribution >= 4 is 11.4 Å². The maximum atomic E-state index is 13.8. The van der Waals surface area contributed by atoms with Crippen LogP contribution < -0.4 is 15.4 Å². The van der Waals surface area contributed by atoms with Gasteiger partial charge in [0.1, 0.15) is 11.6 Å². The van der Waals surface area contributed by atoms with Crippen molar-refractivity contribution < 1.29 is 9.13 Å². The molecule has 2 aromatic rings. The number of nitrogen functional groups attached to an aromatic ring is 1. The van der Waals surface area contributed by atoms with Crippen LogP contribution in [0.3, 0.4) is 0 Å². The standard InChI is InChI=1S/C25H32FN3O/c1-17-4-5-21-14-22(26)15-24(27)25(21)29(17)18(2)16-28-12-10-20(11-13-28)19-6-8-23(30-3)9-7-19/h6-9,14-15,17,20H,2,4-5,10-13,16,27H2,1,3H3. The molecule has 4 rings (SSSR count). The molecule has 30 heavy (non-hydrogen) atoms. The Hall–Kier alpha value is -2.53. The molecule has 0 amide bonds. The van der Waals surface area contributed by atoms with Gasteiger partial charge in [0.15, 0.2) is 0 Å². The minimum atomic E-state index is -0.257. The van der Waals surface area contributed by atoms with Crippen LogP contribution in [0.25, 0.3) is 0 Å². The van der Waals surface area contributed by atoms with E-state index < -0.39 is 0 Å². The number of hydrogen-bond acceptors (Lipinski definition) is 4. The predicted octanol–water partition coefficient (Wildman–Crippen LogP) is 4.95. The molecule has 2 aliphatic rings. The van der Waals surface area contributed by atoms with Gasteiger partial charge in [0.05, 0.1) is 18.5 Å². The Kier molecular flexibility index (Phi) is 6.00. The smallest absolute Gasteiger partial charge is 0.125 e. The molecule has 2 heterocycles. The van der Waals surface area contributed by atoms with E-state index in [4.69, 9.17) is 10.5 Å². The van der Waals surface area contributed by atoms with Crippen LogP contribution in [0.4, 0.5) is 15.8 Å². The molecule has 0 aromatic heterocycles. The first kappa shape index (κ1) is 20.7. The van der Waals surface area contributed by atoms with Crippen LogP contribution in [0.1, 0.15) is 43.2 Å². The highest BCUT2D eigenvalue weighted by molar-refractivity contribution is 5.75. The Balaban J connectivity index is 1.40. The Morgan fingerprint density at radius 1 is 1.17 bits per heavy atom. The van der Waals surface area contributed by atoms with Crippen molar-refractivity contribution in [2.45, 2.75) is 44.6 Å². The lowest BCUT2D eigenvalue weighted by Crippen LogP contribution is -2.42. The molecule has 5 heteroatoms. The van der Waals surface area contributed by atoms with Gasteiger partial charge in [0.2, 0.25) is 0 Å². The number of rotatable bonds is 5. The zero-order valence-electron chi connectivity index (χ0n) is 18.0. The number of fused-ring (bicyclic) bond motifs is 1.